The third-order valence-corrected chi connectivity index (χ3v) is 5.71. The van der Waals surface area contributed by atoms with Crippen molar-refractivity contribution in [1.82, 2.24) is 29.3 Å². The number of benzene rings is 1. The summed E-state index contributed by atoms with van der Waals surface area (Å²) in [5.74, 6) is 2.44. The van der Waals surface area contributed by atoms with Gasteiger partial charge in [-0.1, -0.05) is 12.0 Å². The average Bonchev–Trinajstić information content (AvgIpc) is 3.34. The zero-order valence-corrected chi connectivity index (χ0v) is 18.7. The van der Waals surface area contributed by atoms with Crippen molar-refractivity contribution in [2.24, 2.45) is 0 Å². The highest BCUT2D eigenvalue weighted by Gasteiger charge is 2.26. The number of nitrogens with zero attached hydrogens (tertiary/aromatic N) is 6. The molecule has 0 aliphatic heterocycles. The Kier molecular flexibility index (Phi) is 5.42. The SMILES string of the molecule is C#Cc1cc(F)c(C(=O)Nc2cccc(-c3nncn3C(C)C)n2)cc1-n1cnc(C2CC2)c1. The minimum Gasteiger partial charge on any atom is -0.310 e. The summed E-state index contributed by atoms with van der Waals surface area (Å²) in [7, 11) is 0. The molecule has 0 unspecified atom stereocenters. The summed E-state index contributed by atoms with van der Waals surface area (Å²) in [5, 5.41) is 10.8. The third kappa shape index (κ3) is 4.06. The molecule has 1 saturated carbocycles. The molecule has 0 radical (unpaired) electrons. The zero-order chi connectivity index (χ0) is 23.8. The van der Waals surface area contributed by atoms with E-state index in [1.54, 1.807) is 35.4 Å². The molecule has 34 heavy (non-hydrogen) atoms. The van der Waals surface area contributed by atoms with E-state index in [0.717, 1.165) is 18.5 Å². The van der Waals surface area contributed by atoms with Crippen molar-refractivity contribution >= 4 is 11.7 Å². The predicted molar refractivity (Wildman–Crippen MR) is 125 cm³/mol. The molecule has 5 rings (SSSR count). The van der Waals surface area contributed by atoms with Crippen molar-refractivity contribution in [2.45, 2.75) is 38.6 Å². The first-order valence-corrected chi connectivity index (χ1v) is 11.0. The molecule has 0 atom stereocenters. The van der Waals surface area contributed by atoms with Gasteiger partial charge in [-0.2, -0.15) is 0 Å². The van der Waals surface area contributed by atoms with Gasteiger partial charge in [-0.3, -0.25) is 4.79 Å². The van der Waals surface area contributed by atoms with Gasteiger partial charge in [0.25, 0.3) is 5.91 Å². The molecular formula is C25H22FN7O. The fourth-order valence-corrected chi connectivity index (χ4v) is 3.74. The molecule has 1 aliphatic carbocycles. The summed E-state index contributed by atoms with van der Waals surface area (Å²) in [6.07, 6.45) is 13.0. The van der Waals surface area contributed by atoms with Gasteiger partial charge in [-0.25, -0.2) is 14.4 Å². The van der Waals surface area contributed by atoms with Crippen LogP contribution in [0.3, 0.4) is 0 Å². The highest BCUT2D eigenvalue weighted by molar-refractivity contribution is 6.04. The summed E-state index contributed by atoms with van der Waals surface area (Å²) in [4.78, 5) is 21.9. The Labute approximate surface area is 195 Å². The van der Waals surface area contributed by atoms with Crippen LogP contribution in [0.15, 0.2) is 49.2 Å². The van der Waals surface area contributed by atoms with Crippen molar-refractivity contribution < 1.29 is 9.18 Å². The van der Waals surface area contributed by atoms with E-state index in [1.807, 2.05) is 24.6 Å². The van der Waals surface area contributed by atoms with Crippen LogP contribution in [0.1, 0.15) is 60.3 Å². The molecule has 0 spiro atoms. The van der Waals surface area contributed by atoms with Gasteiger partial charge in [0.15, 0.2) is 5.82 Å². The molecule has 170 valence electrons. The molecule has 1 fully saturated rings. The number of carbonyl (C=O) groups excluding carboxylic acids is 1. The lowest BCUT2D eigenvalue weighted by Crippen LogP contribution is -2.16. The number of terminal acetylenes is 1. The largest absolute Gasteiger partial charge is 0.310 e. The van der Waals surface area contributed by atoms with Gasteiger partial charge in [-0.15, -0.1) is 16.6 Å². The molecule has 1 aliphatic rings. The number of pyridine rings is 1. The first kappa shape index (κ1) is 21.5. The van der Waals surface area contributed by atoms with Gasteiger partial charge < -0.3 is 14.5 Å². The molecule has 9 heteroatoms. The van der Waals surface area contributed by atoms with Crippen LogP contribution >= 0.6 is 0 Å². The lowest BCUT2D eigenvalue weighted by atomic mass is 10.1. The summed E-state index contributed by atoms with van der Waals surface area (Å²) in [6, 6.07) is 7.91. The number of hydrogen-bond donors (Lipinski definition) is 1. The molecule has 4 aromatic rings. The van der Waals surface area contributed by atoms with Crippen molar-refractivity contribution in [1.29, 1.82) is 0 Å². The van der Waals surface area contributed by atoms with Crippen LogP contribution in [0.25, 0.3) is 17.2 Å². The summed E-state index contributed by atoms with van der Waals surface area (Å²) >= 11 is 0. The number of carbonyl (C=O) groups is 1. The van der Waals surface area contributed by atoms with Crippen molar-refractivity contribution in [3.63, 3.8) is 0 Å². The quantitative estimate of drug-likeness (QED) is 0.437. The monoisotopic (exact) mass is 455 g/mol. The Morgan fingerprint density at radius 3 is 2.82 bits per heavy atom. The van der Waals surface area contributed by atoms with Crippen LogP contribution in [0.4, 0.5) is 10.2 Å². The van der Waals surface area contributed by atoms with Gasteiger partial charge in [0.2, 0.25) is 0 Å². The molecule has 1 aromatic carbocycles. The van der Waals surface area contributed by atoms with Gasteiger partial charge >= 0.3 is 0 Å². The molecule has 3 heterocycles. The van der Waals surface area contributed by atoms with Crippen LogP contribution in [-0.4, -0.2) is 35.2 Å². The fourth-order valence-electron chi connectivity index (χ4n) is 3.74. The maximum atomic E-state index is 14.9. The number of aromatic nitrogens is 6. The highest BCUT2D eigenvalue weighted by Crippen LogP contribution is 2.39. The Morgan fingerprint density at radius 1 is 1.26 bits per heavy atom. The molecule has 1 amide bonds. The second-order valence-corrected chi connectivity index (χ2v) is 8.49. The number of imidazole rings is 1. The van der Waals surface area contributed by atoms with Crippen molar-refractivity contribution in [3.8, 4) is 29.5 Å². The van der Waals surface area contributed by atoms with Gasteiger partial charge in [-0.05, 0) is 51.0 Å². The maximum Gasteiger partial charge on any atom is 0.259 e. The number of amides is 1. The lowest BCUT2D eigenvalue weighted by molar-refractivity contribution is 0.102. The Balaban J connectivity index is 1.45. The van der Waals surface area contributed by atoms with Crippen LogP contribution < -0.4 is 5.32 Å². The minimum atomic E-state index is -0.715. The van der Waals surface area contributed by atoms with E-state index in [4.69, 9.17) is 6.42 Å². The molecular weight excluding hydrogens is 433 g/mol. The molecule has 0 bridgehead atoms. The summed E-state index contributed by atoms with van der Waals surface area (Å²) in [5.41, 5.74) is 2.21. The van der Waals surface area contributed by atoms with E-state index in [1.165, 1.54) is 12.1 Å². The minimum absolute atomic E-state index is 0.135. The first-order valence-electron chi connectivity index (χ1n) is 11.0. The normalized spacial score (nSPS) is 13.1. The van der Waals surface area contributed by atoms with Gasteiger partial charge in [0, 0.05) is 18.2 Å². The van der Waals surface area contributed by atoms with Crippen molar-refractivity contribution in [2.75, 3.05) is 5.32 Å². The fraction of sp³-hybridized carbons (Fsp3) is 0.240. The predicted octanol–water partition coefficient (Wildman–Crippen LogP) is 4.36. The first-order chi connectivity index (χ1) is 16.4. The Morgan fingerprint density at radius 2 is 2.09 bits per heavy atom. The Hall–Kier alpha value is -4.32. The third-order valence-electron chi connectivity index (χ3n) is 5.71. The number of nitrogens with one attached hydrogen (secondary N) is 1. The topological polar surface area (TPSA) is 90.5 Å². The second kappa shape index (κ2) is 8.56. The smallest absolute Gasteiger partial charge is 0.259 e. The number of rotatable bonds is 6. The average molecular weight is 455 g/mol. The molecule has 8 nitrogen and oxygen atoms in total. The van der Waals surface area contributed by atoms with Gasteiger partial charge in [0.1, 0.15) is 23.7 Å². The van der Waals surface area contributed by atoms with E-state index >= 15 is 0 Å². The standard InChI is InChI=1S/C25H22FN7O/c1-4-16-10-19(26)18(11-22(16)32-12-21(27-13-32)17-8-9-17)25(34)30-23-7-5-6-20(29-23)24-31-28-14-33(24)15(2)3/h1,5-7,10-15,17H,8-9H2,2-3H3,(H,29,30,34). The Bertz CT molecular complexity index is 1430. The summed E-state index contributed by atoms with van der Waals surface area (Å²) in [6.45, 7) is 4.01. The lowest BCUT2D eigenvalue weighted by Gasteiger charge is -2.12. The maximum absolute atomic E-state index is 14.9. The van der Waals surface area contributed by atoms with Crippen LogP contribution in [0, 0.1) is 18.2 Å². The number of hydrogen-bond acceptors (Lipinski definition) is 5. The van der Waals surface area contributed by atoms with Crippen LogP contribution in [0.5, 0.6) is 0 Å². The van der Waals surface area contributed by atoms with E-state index in [2.05, 4.69) is 31.4 Å². The van der Waals surface area contributed by atoms with E-state index in [0.29, 0.717) is 28.7 Å². The highest BCUT2D eigenvalue weighted by atomic mass is 19.1. The number of anilines is 1. The van der Waals surface area contributed by atoms with Gasteiger partial charge in [0.05, 0.1) is 28.8 Å². The molecule has 1 N–H and O–H groups in total. The van der Waals surface area contributed by atoms with Crippen LogP contribution in [0.2, 0.25) is 0 Å². The molecule has 3 aromatic heterocycles. The second-order valence-electron chi connectivity index (χ2n) is 8.49. The molecule has 0 saturated heterocycles. The van der Waals surface area contributed by atoms with Crippen LogP contribution in [-0.2, 0) is 0 Å². The number of halogens is 1. The van der Waals surface area contributed by atoms with E-state index in [-0.39, 0.29) is 17.4 Å². The zero-order valence-electron chi connectivity index (χ0n) is 18.7. The van der Waals surface area contributed by atoms with E-state index < -0.39 is 11.7 Å². The summed E-state index contributed by atoms with van der Waals surface area (Å²) < 4.78 is 18.5. The van der Waals surface area contributed by atoms with Crippen molar-refractivity contribution in [3.05, 3.63) is 71.8 Å². The van der Waals surface area contributed by atoms with E-state index in [9.17, 15) is 9.18 Å².